The fraction of sp³-hybridized carbons (Fsp3) is 0.562. The fourth-order valence-electron chi connectivity index (χ4n) is 2.46. The van der Waals surface area contributed by atoms with E-state index in [-0.39, 0.29) is 5.91 Å². The average Bonchev–Trinajstić information content (AvgIpc) is 2.44. The third-order valence-electron chi connectivity index (χ3n) is 4.11. The van der Waals surface area contributed by atoms with Gasteiger partial charge in [-0.05, 0) is 38.1 Å². The molecular weight excluding hydrogens is 250 g/mol. The smallest absolute Gasteiger partial charge is 0.224 e. The molecule has 110 valence electrons. The zero-order valence-corrected chi connectivity index (χ0v) is 12.8. The maximum Gasteiger partial charge on any atom is 0.224 e. The Bertz CT molecular complexity index is 465. The highest BCUT2D eigenvalue weighted by Crippen LogP contribution is 2.17. The summed E-state index contributed by atoms with van der Waals surface area (Å²) >= 11 is 0. The Labute approximate surface area is 121 Å². The van der Waals surface area contributed by atoms with Gasteiger partial charge in [0.25, 0.3) is 0 Å². The third-order valence-corrected chi connectivity index (χ3v) is 4.11. The molecular formula is C16H25N3O. The number of aryl methyl sites for hydroxylation is 1. The van der Waals surface area contributed by atoms with Gasteiger partial charge in [-0.25, -0.2) is 0 Å². The van der Waals surface area contributed by atoms with Gasteiger partial charge in [-0.1, -0.05) is 12.1 Å². The van der Waals surface area contributed by atoms with E-state index in [0.717, 1.165) is 31.9 Å². The van der Waals surface area contributed by atoms with E-state index in [0.29, 0.717) is 13.0 Å². The molecule has 2 rings (SSSR count). The molecule has 4 heteroatoms. The van der Waals surface area contributed by atoms with Crippen molar-refractivity contribution in [3.8, 4) is 0 Å². The number of hydrogen-bond acceptors (Lipinski definition) is 3. The van der Waals surface area contributed by atoms with E-state index >= 15 is 0 Å². The van der Waals surface area contributed by atoms with Gasteiger partial charge >= 0.3 is 0 Å². The van der Waals surface area contributed by atoms with Crippen molar-refractivity contribution in [1.82, 2.24) is 9.80 Å². The summed E-state index contributed by atoms with van der Waals surface area (Å²) in [6, 6.07) is 6.23. The highest BCUT2D eigenvalue weighted by Gasteiger charge is 2.18. The first kappa shape index (κ1) is 14.9. The molecule has 1 aliphatic rings. The molecule has 1 aromatic carbocycles. The minimum Gasteiger partial charge on any atom is -0.384 e. The van der Waals surface area contributed by atoms with Gasteiger partial charge in [-0.3, -0.25) is 4.79 Å². The molecule has 20 heavy (non-hydrogen) atoms. The molecule has 0 saturated carbocycles. The molecule has 0 unspecified atom stereocenters. The second-order valence-corrected chi connectivity index (χ2v) is 5.61. The normalized spacial score (nSPS) is 16.2. The summed E-state index contributed by atoms with van der Waals surface area (Å²) in [5.74, 6) is 0.260. The van der Waals surface area contributed by atoms with Crippen LogP contribution in [0.5, 0.6) is 0 Å². The molecule has 0 aliphatic carbocycles. The predicted molar refractivity (Wildman–Crippen MR) is 83.1 cm³/mol. The SMILES string of the molecule is Cc1cccc(NCCC(=O)N2CCN(C)CC2)c1C. The Morgan fingerprint density at radius 2 is 1.90 bits per heavy atom. The Hall–Kier alpha value is -1.55. The van der Waals surface area contributed by atoms with Crippen molar-refractivity contribution in [3.05, 3.63) is 29.3 Å². The van der Waals surface area contributed by atoms with Crippen LogP contribution in [0.3, 0.4) is 0 Å². The lowest BCUT2D eigenvalue weighted by Gasteiger charge is -2.32. The van der Waals surface area contributed by atoms with Gasteiger partial charge in [0.15, 0.2) is 0 Å². The number of carbonyl (C=O) groups excluding carboxylic acids is 1. The second kappa shape index (κ2) is 6.75. The Morgan fingerprint density at radius 3 is 2.60 bits per heavy atom. The molecule has 0 aromatic heterocycles. The lowest BCUT2D eigenvalue weighted by molar-refractivity contribution is -0.132. The lowest BCUT2D eigenvalue weighted by Crippen LogP contribution is -2.47. The molecule has 1 aromatic rings. The van der Waals surface area contributed by atoms with Crippen molar-refractivity contribution in [2.45, 2.75) is 20.3 Å². The largest absolute Gasteiger partial charge is 0.384 e. The zero-order chi connectivity index (χ0) is 14.5. The van der Waals surface area contributed by atoms with E-state index in [4.69, 9.17) is 0 Å². The number of benzene rings is 1. The van der Waals surface area contributed by atoms with Crippen LogP contribution in [0.1, 0.15) is 17.5 Å². The summed E-state index contributed by atoms with van der Waals surface area (Å²) in [5, 5.41) is 3.37. The number of amides is 1. The van der Waals surface area contributed by atoms with Crippen LogP contribution in [0.2, 0.25) is 0 Å². The van der Waals surface area contributed by atoms with Crippen LogP contribution in [0, 0.1) is 13.8 Å². The first-order valence-corrected chi connectivity index (χ1v) is 7.34. The standard InChI is InChI=1S/C16H25N3O/c1-13-5-4-6-15(14(13)2)17-8-7-16(20)19-11-9-18(3)10-12-19/h4-6,17H,7-12H2,1-3H3. The van der Waals surface area contributed by atoms with Gasteiger partial charge < -0.3 is 15.1 Å². The summed E-state index contributed by atoms with van der Waals surface area (Å²) < 4.78 is 0. The molecule has 1 N–H and O–H groups in total. The molecule has 0 spiro atoms. The number of rotatable bonds is 4. The summed E-state index contributed by atoms with van der Waals surface area (Å²) in [5.41, 5.74) is 3.68. The van der Waals surface area contributed by atoms with E-state index in [9.17, 15) is 4.79 Å². The predicted octanol–water partition coefficient (Wildman–Crippen LogP) is 1.88. The summed E-state index contributed by atoms with van der Waals surface area (Å²) in [7, 11) is 2.10. The van der Waals surface area contributed by atoms with Crippen molar-refractivity contribution in [2.75, 3.05) is 45.1 Å². The van der Waals surface area contributed by atoms with E-state index in [2.05, 4.69) is 43.2 Å². The highest BCUT2D eigenvalue weighted by molar-refractivity contribution is 5.77. The fourth-order valence-corrected chi connectivity index (χ4v) is 2.46. The van der Waals surface area contributed by atoms with E-state index in [1.54, 1.807) is 0 Å². The van der Waals surface area contributed by atoms with Crippen LogP contribution in [0.15, 0.2) is 18.2 Å². The average molecular weight is 275 g/mol. The number of carbonyl (C=O) groups is 1. The Kier molecular flexibility index (Phi) is 5.01. The van der Waals surface area contributed by atoms with Crippen LogP contribution in [-0.4, -0.2) is 55.5 Å². The molecule has 0 bridgehead atoms. The van der Waals surface area contributed by atoms with Crippen LogP contribution < -0.4 is 5.32 Å². The number of nitrogens with zero attached hydrogens (tertiary/aromatic N) is 2. The Balaban J connectivity index is 1.78. The maximum absolute atomic E-state index is 12.1. The maximum atomic E-state index is 12.1. The van der Waals surface area contributed by atoms with Crippen LogP contribution >= 0.6 is 0 Å². The first-order valence-electron chi connectivity index (χ1n) is 7.34. The van der Waals surface area contributed by atoms with Gasteiger partial charge in [-0.2, -0.15) is 0 Å². The van der Waals surface area contributed by atoms with Crippen LogP contribution in [0.25, 0.3) is 0 Å². The van der Waals surface area contributed by atoms with Gasteiger partial charge in [-0.15, -0.1) is 0 Å². The van der Waals surface area contributed by atoms with Crippen LogP contribution in [0.4, 0.5) is 5.69 Å². The van der Waals surface area contributed by atoms with Crippen LogP contribution in [-0.2, 0) is 4.79 Å². The van der Waals surface area contributed by atoms with Gasteiger partial charge in [0.1, 0.15) is 0 Å². The summed E-state index contributed by atoms with van der Waals surface area (Å²) in [6.07, 6.45) is 0.567. The van der Waals surface area contributed by atoms with E-state index in [1.807, 2.05) is 11.0 Å². The number of nitrogens with one attached hydrogen (secondary N) is 1. The monoisotopic (exact) mass is 275 g/mol. The summed E-state index contributed by atoms with van der Waals surface area (Å²) in [4.78, 5) is 16.4. The Morgan fingerprint density at radius 1 is 1.20 bits per heavy atom. The number of piperazine rings is 1. The lowest BCUT2D eigenvalue weighted by atomic mass is 10.1. The molecule has 0 atom stereocenters. The molecule has 1 aliphatic heterocycles. The molecule has 1 heterocycles. The van der Waals surface area contributed by atoms with Gasteiger partial charge in [0.05, 0.1) is 0 Å². The topological polar surface area (TPSA) is 35.6 Å². The van der Waals surface area contributed by atoms with Crippen molar-refractivity contribution in [1.29, 1.82) is 0 Å². The van der Waals surface area contributed by atoms with Crippen molar-refractivity contribution < 1.29 is 4.79 Å². The second-order valence-electron chi connectivity index (χ2n) is 5.61. The first-order chi connectivity index (χ1) is 9.58. The third kappa shape index (κ3) is 3.73. The highest BCUT2D eigenvalue weighted by atomic mass is 16.2. The quantitative estimate of drug-likeness (QED) is 0.911. The van der Waals surface area contributed by atoms with Gasteiger partial charge in [0, 0.05) is 44.8 Å². The number of anilines is 1. The van der Waals surface area contributed by atoms with Crippen molar-refractivity contribution >= 4 is 11.6 Å². The molecule has 1 fully saturated rings. The van der Waals surface area contributed by atoms with Gasteiger partial charge in [0.2, 0.25) is 5.91 Å². The minimum absolute atomic E-state index is 0.260. The number of likely N-dealkylation sites (N-methyl/N-ethyl adjacent to an activating group) is 1. The zero-order valence-electron chi connectivity index (χ0n) is 12.8. The molecule has 0 radical (unpaired) electrons. The number of hydrogen-bond donors (Lipinski definition) is 1. The minimum atomic E-state index is 0.260. The summed E-state index contributed by atoms with van der Waals surface area (Å²) in [6.45, 7) is 8.61. The van der Waals surface area contributed by atoms with E-state index in [1.165, 1.54) is 11.1 Å². The van der Waals surface area contributed by atoms with Crippen molar-refractivity contribution in [2.24, 2.45) is 0 Å². The van der Waals surface area contributed by atoms with Crippen molar-refractivity contribution in [3.63, 3.8) is 0 Å². The molecule has 4 nitrogen and oxygen atoms in total. The van der Waals surface area contributed by atoms with E-state index < -0.39 is 0 Å². The molecule has 1 amide bonds. The molecule has 1 saturated heterocycles.